The molecule has 0 saturated heterocycles. The van der Waals surface area contributed by atoms with E-state index in [1.807, 2.05) is 47.2 Å². The van der Waals surface area contributed by atoms with Gasteiger partial charge in [-0.3, -0.25) is 9.78 Å². The van der Waals surface area contributed by atoms with Crippen molar-refractivity contribution < 1.29 is 9.21 Å². The molecule has 0 fully saturated rings. The summed E-state index contributed by atoms with van der Waals surface area (Å²) < 4.78 is 9.39. The van der Waals surface area contributed by atoms with Gasteiger partial charge in [-0.15, -0.1) is 10.2 Å². The third kappa shape index (κ3) is 4.75. The number of hydrogen-bond donors (Lipinski definition) is 1. The minimum Gasteiger partial charge on any atom is -0.467 e. The number of nitrogens with zero attached hydrogens (tertiary/aromatic N) is 6. The molecule has 4 aromatic heterocycles. The second-order valence-electron chi connectivity index (χ2n) is 7.74. The van der Waals surface area contributed by atoms with Crippen molar-refractivity contribution in [1.82, 2.24) is 24.3 Å². The molecule has 0 aliphatic rings. The zero-order chi connectivity index (χ0) is 24.1. The number of anilines is 1. The monoisotopic (exact) mass is 475 g/mol. The Labute approximate surface area is 201 Å². The fourth-order valence-electron chi connectivity index (χ4n) is 3.72. The van der Waals surface area contributed by atoms with E-state index in [-0.39, 0.29) is 11.7 Å². The Kier molecular flexibility index (Phi) is 7.13. The van der Waals surface area contributed by atoms with Gasteiger partial charge < -0.3 is 18.9 Å². The minimum atomic E-state index is -0.226. The SMILES string of the molecule is CCCn1c(SCC(=O)Nc2c(C#N)c(C)c(C)n2Cc2ccco2)nnc1-c1ccncc1. The lowest BCUT2D eigenvalue weighted by atomic mass is 10.2. The van der Waals surface area contributed by atoms with Crippen LogP contribution in [0.3, 0.4) is 0 Å². The van der Waals surface area contributed by atoms with Gasteiger partial charge >= 0.3 is 0 Å². The lowest BCUT2D eigenvalue weighted by molar-refractivity contribution is -0.113. The van der Waals surface area contributed by atoms with E-state index < -0.39 is 0 Å². The summed E-state index contributed by atoms with van der Waals surface area (Å²) >= 11 is 1.32. The van der Waals surface area contributed by atoms with Gasteiger partial charge in [0.15, 0.2) is 11.0 Å². The number of aromatic nitrogens is 5. The summed E-state index contributed by atoms with van der Waals surface area (Å²) in [5, 5.41) is 22.0. The van der Waals surface area contributed by atoms with Crippen molar-refractivity contribution in [2.75, 3.05) is 11.1 Å². The van der Waals surface area contributed by atoms with Crippen LogP contribution in [0, 0.1) is 25.2 Å². The summed E-state index contributed by atoms with van der Waals surface area (Å²) in [5.41, 5.74) is 3.12. The van der Waals surface area contributed by atoms with Crippen molar-refractivity contribution in [2.45, 2.75) is 45.4 Å². The normalized spacial score (nSPS) is 10.9. The molecule has 10 heteroatoms. The topological polar surface area (TPSA) is 115 Å². The molecule has 9 nitrogen and oxygen atoms in total. The van der Waals surface area contributed by atoms with Gasteiger partial charge in [-0.2, -0.15) is 5.26 Å². The van der Waals surface area contributed by atoms with Crippen LogP contribution in [-0.2, 0) is 17.9 Å². The fourth-order valence-corrected chi connectivity index (χ4v) is 4.48. The number of hydrogen-bond acceptors (Lipinski definition) is 7. The maximum atomic E-state index is 12.9. The molecule has 1 amide bonds. The number of amides is 1. The highest BCUT2D eigenvalue weighted by Crippen LogP contribution is 2.28. The Balaban J connectivity index is 1.53. The molecule has 0 spiro atoms. The molecule has 174 valence electrons. The van der Waals surface area contributed by atoms with E-state index in [1.165, 1.54) is 11.8 Å². The smallest absolute Gasteiger partial charge is 0.235 e. The molecule has 4 heterocycles. The van der Waals surface area contributed by atoms with Crippen LogP contribution in [0.4, 0.5) is 5.82 Å². The van der Waals surface area contributed by atoms with Crippen molar-refractivity contribution in [2.24, 2.45) is 0 Å². The third-order valence-corrected chi connectivity index (χ3v) is 6.49. The van der Waals surface area contributed by atoms with E-state index in [0.717, 1.165) is 41.4 Å². The summed E-state index contributed by atoms with van der Waals surface area (Å²) in [6.07, 6.45) is 5.94. The lowest BCUT2D eigenvalue weighted by Crippen LogP contribution is -2.19. The van der Waals surface area contributed by atoms with E-state index in [1.54, 1.807) is 18.7 Å². The molecular weight excluding hydrogens is 450 g/mol. The Morgan fingerprint density at radius 1 is 1.21 bits per heavy atom. The molecule has 0 bridgehead atoms. The van der Waals surface area contributed by atoms with Gasteiger partial charge in [0.2, 0.25) is 5.91 Å². The molecule has 34 heavy (non-hydrogen) atoms. The van der Waals surface area contributed by atoms with E-state index in [2.05, 4.69) is 33.5 Å². The van der Waals surface area contributed by atoms with Gasteiger partial charge in [0.25, 0.3) is 0 Å². The van der Waals surface area contributed by atoms with E-state index in [9.17, 15) is 10.1 Å². The van der Waals surface area contributed by atoms with Crippen LogP contribution in [0.1, 0.15) is 35.9 Å². The van der Waals surface area contributed by atoms with Crippen molar-refractivity contribution in [3.05, 3.63) is 65.5 Å². The van der Waals surface area contributed by atoms with E-state index in [4.69, 9.17) is 4.42 Å². The molecular formula is C24H25N7O2S. The molecule has 1 N–H and O–H groups in total. The summed E-state index contributed by atoms with van der Waals surface area (Å²) in [4.78, 5) is 17.0. The number of thioether (sulfide) groups is 1. The highest BCUT2D eigenvalue weighted by molar-refractivity contribution is 7.99. The van der Waals surface area contributed by atoms with Gasteiger partial charge in [0.1, 0.15) is 17.6 Å². The van der Waals surface area contributed by atoms with Gasteiger partial charge in [0.05, 0.1) is 24.1 Å². The fraction of sp³-hybridized carbons (Fsp3) is 0.292. The molecule has 0 radical (unpaired) electrons. The van der Waals surface area contributed by atoms with Crippen molar-refractivity contribution in [1.29, 1.82) is 5.26 Å². The molecule has 0 unspecified atom stereocenters. The maximum absolute atomic E-state index is 12.9. The summed E-state index contributed by atoms with van der Waals surface area (Å²) in [7, 11) is 0. The largest absolute Gasteiger partial charge is 0.467 e. The van der Waals surface area contributed by atoms with Gasteiger partial charge in [-0.25, -0.2) is 0 Å². The Bertz CT molecular complexity index is 1320. The number of carbonyl (C=O) groups excluding carboxylic acids is 1. The first kappa shape index (κ1) is 23.3. The highest BCUT2D eigenvalue weighted by atomic mass is 32.2. The number of nitrogens with one attached hydrogen (secondary N) is 1. The molecule has 4 aromatic rings. The van der Waals surface area contributed by atoms with Crippen LogP contribution in [-0.4, -0.2) is 36.0 Å². The molecule has 0 aromatic carbocycles. The number of furan rings is 1. The Hall–Kier alpha value is -3.84. The first-order chi connectivity index (χ1) is 16.5. The average Bonchev–Trinajstić information content (AvgIpc) is 3.55. The maximum Gasteiger partial charge on any atom is 0.235 e. The standard InChI is InChI=1S/C24H25N7O2S/c1-4-11-30-22(18-7-9-26-10-8-18)28-29-24(30)34-15-21(32)27-23-20(13-25)16(2)17(3)31(23)14-19-6-5-12-33-19/h5-10,12H,4,11,14-15H2,1-3H3,(H,27,32). The number of rotatable bonds is 9. The average molecular weight is 476 g/mol. The van der Waals surface area contributed by atoms with Gasteiger partial charge in [0, 0.05) is 30.2 Å². The van der Waals surface area contributed by atoms with E-state index >= 15 is 0 Å². The first-order valence-electron chi connectivity index (χ1n) is 10.9. The third-order valence-electron chi connectivity index (χ3n) is 5.53. The minimum absolute atomic E-state index is 0.132. The molecule has 4 rings (SSSR count). The Morgan fingerprint density at radius 3 is 2.68 bits per heavy atom. The first-order valence-corrected chi connectivity index (χ1v) is 11.9. The van der Waals surface area contributed by atoms with Crippen molar-refractivity contribution in [3.8, 4) is 17.5 Å². The number of carbonyl (C=O) groups is 1. The van der Waals surface area contributed by atoms with Crippen LogP contribution >= 0.6 is 11.8 Å². The molecule has 0 aliphatic heterocycles. The van der Waals surface area contributed by atoms with Crippen LogP contribution < -0.4 is 5.32 Å². The van der Waals surface area contributed by atoms with Gasteiger partial charge in [-0.05, 0) is 50.1 Å². The summed E-state index contributed by atoms with van der Waals surface area (Å²) in [5.74, 6) is 1.87. The molecule has 0 saturated carbocycles. The predicted octanol–water partition coefficient (Wildman–Crippen LogP) is 4.41. The van der Waals surface area contributed by atoms with Gasteiger partial charge in [-0.1, -0.05) is 18.7 Å². The van der Waals surface area contributed by atoms with Crippen LogP contribution in [0.5, 0.6) is 0 Å². The summed E-state index contributed by atoms with van der Waals surface area (Å²) in [6, 6.07) is 9.68. The van der Waals surface area contributed by atoms with E-state index in [0.29, 0.717) is 23.1 Å². The summed E-state index contributed by atoms with van der Waals surface area (Å²) in [6.45, 7) is 7.04. The quantitative estimate of drug-likeness (QED) is 0.357. The van der Waals surface area contributed by atoms with Crippen LogP contribution in [0.15, 0.2) is 52.5 Å². The highest BCUT2D eigenvalue weighted by Gasteiger charge is 2.21. The second-order valence-corrected chi connectivity index (χ2v) is 8.68. The van der Waals surface area contributed by atoms with Crippen molar-refractivity contribution >= 4 is 23.5 Å². The van der Waals surface area contributed by atoms with Crippen LogP contribution in [0.25, 0.3) is 11.4 Å². The lowest BCUT2D eigenvalue weighted by Gasteiger charge is -2.12. The zero-order valence-corrected chi connectivity index (χ0v) is 20.1. The Morgan fingerprint density at radius 2 is 2.00 bits per heavy atom. The zero-order valence-electron chi connectivity index (χ0n) is 19.3. The molecule has 0 atom stereocenters. The predicted molar refractivity (Wildman–Crippen MR) is 129 cm³/mol. The number of pyridine rings is 1. The van der Waals surface area contributed by atoms with Crippen molar-refractivity contribution in [3.63, 3.8) is 0 Å². The van der Waals surface area contributed by atoms with Crippen LogP contribution in [0.2, 0.25) is 0 Å². The molecule has 0 aliphatic carbocycles. The number of nitriles is 1. The second kappa shape index (κ2) is 10.4.